The van der Waals surface area contributed by atoms with E-state index in [2.05, 4.69) is 9.50 Å². The second-order valence-corrected chi connectivity index (χ2v) is 12.7. The zero-order valence-corrected chi connectivity index (χ0v) is 23.0. The van der Waals surface area contributed by atoms with E-state index in [1.165, 1.54) is 6.07 Å². The third-order valence-corrected chi connectivity index (χ3v) is 8.84. The minimum Gasteiger partial charge on any atom is -0.380 e. The molecule has 2 aliphatic heterocycles. The van der Waals surface area contributed by atoms with Crippen LogP contribution in [0.1, 0.15) is 48.9 Å². The summed E-state index contributed by atoms with van der Waals surface area (Å²) in [6, 6.07) is 3.98. The van der Waals surface area contributed by atoms with Crippen LogP contribution in [0, 0.1) is 11.6 Å². The van der Waals surface area contributed by atoms with E-state index >= 15 is 8.78 Å². The lowest BCUT2D eigenvalue weighted by Crippen LogP contribution is -2.54. The predicted octanol–water partition coefficient (Wildman–Crippen LogP) is 5.49. The number of nitrogens with zero attached hydrogens (tertiary/aromatic N) is 2. The molecule has 2 aromatic rings. The van der Waals surface area contributed by atoms with E-state index in [1.807, 2.05) is 4.90 Å². The van der Waals surface area contributed by atoms with Crippen LogP contribution >= 0.6 is 0 Å². The van der Waals surface area contributed by atoms with Crippen molar-refractivity contribution in [2.45, 2.75) is 61.9 Å². The standard InChI is InChI=1S/C27H30F7N3O3S/c1-16-9-17-10-20(40-41(38,39)27(32,33)34)3-4-21(17)25(37(16)15-26(31)5-6-26)24-22(29)11-18(12-23(24)30)35-19-13-36(14-19)8-2-7-28/h3-4,10-12,16,19,25,35H,2,5-9,13-15H2,1H3/t16-,25?/m1/s1. The highest BCUT2D eigenvalue weighted by Crippen LogP contribution is 2.47. The molecule has 0 spiro atoms. The second kappa shape index (κ2) is 10.9. The molecular weight excluding hydrogens is 579 g/mol. The molecule has 0 amide bonds. The molecule has 1 N–H and O–H groups in total. The quantitative estimate of drug-likeness (QED) is 0.219. The Kier molecular flexibility index (Phi) is 7.96. The monoisotopic (exact) mass is 609 g/mol. The van der Waals surface area contributed by atoms with Crippen LogP contribution in [-0.2, 0) is 16.5 Å². The Balaban J connectivity index is 1.46. The molecule has 2 fully saturated rings. The number of alkyl halides is 5. The lowest BCUT2D eigenvalue weighted by atomic mass is 9.84. The number of halogens is 7. The SMILES string of the molecule is C[C@@H]1Cc2cc(OS(=O)(=O)C(F)(F)F)ccc2C(c2c(F)cc(NC3CN(CCCF)C3)cc2F)N1CC1(F)CC1. The Labute approximate surface area is 233 Å². The third-order valence-electron chi connectivity index (χ3n) is 7.86. The number of fused-ring (bicyclic) bond motifs is 1. The normalized spacial score (nSPS) is 23.1. The minimum atomic E-state index is -5.92. The summed E-state index contributed by atoms with van der Waals surface area (Å²) < 4.78 is 125. The molecular formula is C27H30F7N3O3S. The lowest BCUT2D eigenvalue weighted by Gasteiger charge is -2.43. The first kappa shape index (κ1) is 29.9. The van der Waals surface area contributed by atoms with Crippen molar-refractivity contribution >= 4 is 15.8 Å². The maximum atomic E-state index is 15.7. The van der Waals surface area contributed by atoms with E-state index in [1.54, 1.807) is 11.8 Å². The minimum absolute atomic E-state index is 0.0705. The van der Waals surface area contributed by atoms with Crippen LogP contribution in [0.2, 0.25) is 0 Å². The van der Waals surface area contributed by atoms with Crippen molar-refractivity contribution in [3.63, 3.8) is 0 Å². The smallest absolute Gasteiger partial charge is 0.380 e. The predicted molar refractivity (Wildman–Crippen MR) is 138 cm³/mol. The Morgan fingerprint density at radius 3 is 2.34 bits per heavy atom. The molecule has 3 aliphatic rings. The van der Waals surface area contributed by atoms with Crippen LogP contribution in [0.5, 0.6) is 5.75 Å². The second-order valence-electron chi connectivity index (χ2n) is 11.1. The number of nitrogens with one attached hydrogen (secondary N) is 1. The van der Waals surface area contributed by atoms with Gasteiger partial charge in [-0.05, 0) is 68.0 Å². The van der Waals surface area contributed by atoms with E-state index in [0.29, 0.717) is 50.0 Å². The molecule has 1 saturated carbocycles. The fourth-order valence-electron chi connectivity index (χ4n) is 5.60. The molecule has 1 saturated heterocycles. The molecule has 226 valence electrons. The number of rotatable bonds is 10. The summed E-state index contributed by atoms with van der Waals surface area (Å²) in [5, 5.41) is 3.07. The van der Waals surface area contributed by atoms with Crippen molar-refractivity contribution < 1.29 is 43.3 Å². The average Bonchev–Trinajstić information content (AvgIpc) is 3.57. The average molecular weight is 610 g/mol. The first-order valence-electron chi connectivity index (χ1n) is 13.3. The Morgan fingerprint density at radius 2 is 1.76 bits per heavy atom. The van der Waals surface area contributed by atoms with Crippen molar-refractivity contribution in [1.29, 1.82) is 0 Å². The van der Waals surface area contributed by atoms with Gasteiger partial charge in [-0.3, -0.25) is 14.2 Å². The van der Waals surface area contributed by atoms with Crippen molar-refractivity contribution in [3.05, 3.63) is 58.7 Å². The highest BCUT2D eigenvalue weighted by molar-refractivity contribution is 7.88. The molecule has 0 radical (unpaired) electrons. The Bertz CT molecular complexity index is 1370. The molecule has 41 heavy (non-hydrogen) atoms. The van der Waals surface area contributed by atoms with Gasteiger partial charge < -0.3 is 9.50 Å². The zero-order chi connectivity index (χ0) is 29.7. The van der Waals surface area contributed by atoms with E-state index in [9.17, 15) is 30.4 Å². The number of anilines is 1. The van der Waals surface area contributed by atoms with Crippen molar-refractivity contribution in [2.24, 2.45) is 0 Å². The van der Waals surface area contributed by atoms with Crippen molar-refractivity contribution in [1.82, 2.24) is 9.80 Å². The molecule has 2 aromatic carbocycles. The molecule has 14 heteroatoms. The van der Waals surface area contributed by atoms with Crippen LogP contribution in [0.3, 0.4) is 0 Å². The maximum absolute atomic E-state index is 15.7. The first-order chi connectivity index (χ1) is 19.2. The number of hydrogen-bond donors (Lipinski definition) is 1. The topological polar surface area (TPSA) is 61.9 Å². The molecule has 2 heterocycles. The van der Waals surface area contributed by atoms with Gasteiger partial charge >= 0.3 is 15.6 Å². The fourth-order valence-corrected chi connectivity index (χ4v) is 6.05. The van der Waals surface area contributed by atoms with Crippen LogP contribution in [0.25, 0.3) is 0 Å². The van der Waals surface area contributed by atoms with Crippen LogP contribution < -0.4 is 9.50 Å². The molecule has 1 unspecified atom stereocenters. The van der Waals surface area contributed by atoms with Gasteiger partial charge in [-0.15, -0.1) is 0 Å². The molecule has 0 aromatic heterocycles. The fraction of sp³-hybridized carbons (Fsp3) is 0.556. The summed E-state index contributed by atoms with van der Waals surface area (Å²) in [5.41, 5.74) is -6.64. The first-order valence-corrected chi connectivity index (χ1v) is 14.7. The van der Waals surface area contributed by atoms with Gasteiger partial charge in [-0.25, -0.2) is 13.2 Å². The van der Waals surface area contributed by atoms with Gasteiger partial charge in [0.15, 0.2) is 0 Å². The summed E-state index contributed by atoms with van der Waals surface area (Å²) in [5.74, 6) is -2.37. The lowest BCUT2D eigenvalue weighted by molar-refractivity contribution is -0.0500. The van der Waals surface area contributed by atoms with E-state index in [-0.39, 0.29) is 30.3 Å². The van der Waals surface area contributed by atoms with E-state index in [0.717, 1.165) is 24.3 Å². The third kappa shape index (κ3) is 6.29. The van der Waals surface area contributed by atoms with Gasteiger partial charge in [0, 0.05) is 43.5 Å². The van der Waals surface area contributed by atoms with E-state index in [4.69, 9.17) is 0 Å². The van der Waals surface area contributed by atoms with Gasteiger partial charge in [0.25, 0.3) is 0 Å². The van der Waals surface area contributed by atoms with Crippen LogP contribution in [0.4, 0.5) is 36.4 Å². The largest absolute Gasteiger partial charge is 0.534 e. The molecule has 5 rings (SSSR count). The van der Waals surface area contributed by atoms with E-state index < -0.39 is 57.4 Å². The van der Waals surface area contributed by atoms with Crippen molar-refractivity contribution in [2.75, 3.05) is 38.2 Å². The Morgan fingerprint density at radius 1 is 1.10 bits per heavy atom. The summed E-state index contributed by atoms with van der Waals surface area (Å²) in [6.45, 7) is 2.97. The van der Waals surface area contributed by atoms with Crippen LogP contribution in [-0.4, -0.2) is 74.3 Å². The molecule has 0 bridgehead atoms. The summed E-state index contributed by atoms with van der Waals surface area (Å²) in [7, 11) is -5.92. The number of likely N-dealkylation sites (tertiary alicyclic amines) is 1. The summed E-state index contributed by atoms with van der Waals surface area (Å²) in [4.78, 5) is 3.66. The number of hydrogen-bond acceptors (Lipinski definition) is 6. The highest BCUT2D eigenvalue weighted by atomic mass is 32.2. The van der Waals surface area contributed by atoms with Gasteiger partial charge in [0.1, 0.15) is 23.1 Å². The molecule has 2 atom stereocenters. The number of benzene rings is 2. The van der Waals surface area contributed by atoms with Crippen LogP contribution in [0.15, 0.2) is 30.3 Å². The van der Waals surface area contributed by atoms with Gasteiger partial charge in [0.2, 0.25) is 0 Å². The van der Waals surface area contributed by atoms with Gasteiger partial charge in [-0.1, -0.05) is 6.07 Å². The Hall–Kier alpha value is -2.58. The summed E-state index contributed by atoms with van der Waals surface area (Å²) in [6.07, 6.45) is 1.17. The maximum Gasteiger partial charge on any atom is 0.534 e. The zero-order valence-electron chi connectivity index (χ0n) is 22.2. The molecule has 6 nitrogen and oxygen atoms in total. The molecule has 1 aliphatic carbocycles. The van der Waals surface area contributed by atoms with Gasteiger partial charge in [-0.2, -0.15) is 21.6 Å². The summed E-state index contributed by atoms with van der Waals surface area (Å²) >= 11 is 0. The van der Waals surface area contributed by atoms with Gasteiger partial charge in [0.05, 0.1) is 18.8 Å². The highest BCUT2D eigenvalue weighted by Gasteiger charge is 2.50. The van der Waals surface area contributed by atoms with Crippen molar-refractivity contribution in [3.8, 4) is 5.75 Å².